The number of carbonyl (C=O) groups excluding carboxylic acids is 1. The van der Waals surface area contributed by atoms with Gasteiger partial charge in [-0.1, -0.05) is 6.07 Å². The molecule has 1 aromatic heterocycles. The molecule has 0 saturated carbocycles. The SMILES string of the molecule is O=C(c1csc(Nc2ccc(OC(F)F)cc2)n1)N1CCN(Cc2ccc3c(c2)OCO3)CC1. The van der Waals surface area contributed by atoms with Gasteiger partial charge in [-0.25, -0.2) is 4.98 Å². The van der Waals surface area contributed by atoms with Crippen LogP contribution in [-0.2, 0) is 6.54 Å². The Bertz CT molecular complexity index is 1150. The minimum Gasteiger partial charge on any atom is -0.454 e. The van der Waals surface area contributed by atoms with Crippen molar-refractivity contribution in [3.63, 3.8) is 0 Å². The summed E-state index contributed by atoms with van der Waals surface area (Å²) in [5.41, 5.74) is 2.19. The maximum absolute atomic E-state index is 12.9. The molecule has 1 saturated heterocycles. The molecule has 1 amide bonds. The number of alkyl halides is 2. The normalized spacial score (nSPS) is 15.6. The Labute approximate surface area is 198 Å². The third-order valence-electron chi connectivity index (χ3n) is 5.56. The number of rotatable bonds is 7. The van der Waals surface area contributed by atoms with E-state index in [9.17, 15) is 13.6 Å². The van der Waals surface area contributed by atoms with Gasteiger partial charge in [0.15, 0.2) is 16.6 Å². The van der Waals surface area contributed by atoms with Gasteiger partial charge in [-0.2, -0.15) is 8.78 Å². The summed E-state index contributed by atoms with van der Waals surface area (Å²) in [5, 5.41) is 5.35. The lowest BCUT2D eigenvalue weighted by atomic mass is 10.1. The number of fused-ring (bicyclic) bond motifs is 1. The highest BCUT2D eigenvalue weighted by Crippen LogP contribution is 2.33. The molecule has 0 aliphatic carbocycles. The highest BCUT2D eigenvalue weighted by Gasteiger charge is 2.24. The zero-order valence-corrected chi connectivity index (χ0v) is 18.9. The summed E-state index contributed by atoms with van der Waals surface area (Å²) in [5.74, 6) is 1.52. The molecular formula is C23H22F2N4O4S. The van der Waals surface area contributed by atoms with Crippen molar-refractivity contribution in [3.8, 4) is 17.2 Å². The quantitative estimate of drug-likeness (QED) is 0.535. The summed E-state index contributed by atoms with van der Waals surface area (Å²) in [7, 11) is 0. The van der Waals surface area contributed by atoms with Gasteiger partial charge in [0.05, 0.1) is 0 Å². The number of hydrogen-bond acceptors (Lipinski definition) is 8. The van der Waals surface area contributed by atoms with Crippen LogP contribution in [0.15, 0.2) is 47.8 Å². The van der Waals surface area contributed by atoms with Gasteiger partial charge in [0, 0.05) is 43.8 Å². The van der Waals surface area contributed by atoms with Crippen molar-refractivity contribution < 1.29 is 27.8 Å². The number of amides is 1. The van der Waals surface area contributed by atoms with Crippen LogP contribution in [0.1, 0.15) is 16.1 Å². The standard InChI is InChI=1S/C23H22F2N4O4S/c24-22(25)33-17-4-2-16(3-5-17)26-23-27-18(13-34-23)21(30)29-9-7-28(8-10-29)12-15-1-6-19-20(11-15)32-14-31-19/h1-6,11,13,22H,7-10,12,14H2,(H,26,27). The number of nitrogens with zero attached hydrogens (tertiary/aromatic N) is 3. The highest BCUT2D eigenvalue weighted by atomic mass is 32.1. The fraction of sp³-hybridized carbons (Fsp3) is 0.304. The molecule has 3 heterocycles. The number of carbonyl (C=O) groups is 1. The number of ether oxygens (including phenoxy) is 3. The number of piperazine rings is 1. The Morgan fingerprint density at radius 1 is 1.09 bits per heavy atom. The van der Waals surface area contributed by atoms with Crippen molar-refractivity contribution >= 4 is 28.1 Å². The molecule has 2 aromatic carbocycles. The second-order valence-corrected chi connectivity index (χ2v) is 8.68. The molecule has 1 N–H and O–H groups in total. The zero-order chi connectivity index (χ0) is 23.5. The first kappa shape index (κ1) is 22.4. The Morgan fingerprint density at radius 3 is 2.62 bits per heavy atom. The van der Waals surface area contributed by atoms with Crippen LogP contribution in [0.25, 0.3) is 0 Å². The Balaban J connectivity index is 1.12. The first-order valence-corrected chi connectivity index (χ1v) is 11.6. The van der Waals surface area contributed by atoms with Gasteiger partial charge in [-0.3, -0.25) is 9.69 Å². The third kappa shape index (κ3) is 5.20. The van der Waals surface area contributed by atoms with E-state index in [0.717, 1.165) is 36.7 Å². The molecule has 2 aliphatic heterocycles. The fourth-order valence-corrected chi connectivity index (χ4v) is 4.55. The van der Waals surface area contributed by atoms with E-state index in [2.05, 4.69) is 19.9 Å². The minimum absolute atomic E-state index is 0.0771. The van der Waals surface area contributed by atoms with Gasteiger partial charge >= 0.3 is 6.61 Å². The minimum atomic E-state index is -2.86. The second-order valence-electron chi connectivity index (χ2n) is 7.82. The van der Waals surface area contributed by atoms with E-state index >= 15 is 0 Å². The van der Waals surface area contributed by atoms with E-state index in [0.29, 0.717) is 29.6 Å². The molecular weight excluding hydrogens is 466 g/mol. The first-order valence-electron chi connectivity index (χ1n) is 10.7. The number of halogens is 2. The average molecular weight is 489 g/mol. The smallest absolute Gasteiger partial charge is 0.387 e. The summed E-state index contributed by atoms with van der Waals surface area (Å²) in [6.07, 6.45) is 0. The molecule has 5 rings (SSSR count). The number of benzene rings is 2. The lowest BCUT2D eigenvalue weighted by molar-refractivity contribution is -0.0498. The summed E-state index contributed by atoms with van der Waals surface area (Å²) in [4.78, 5) is 21.4. The van der Waals surface area contributed by atoms with E-state index in [1.54, 1.807) is 17.5 Å². The summed E-state index contributed by atoms with van der Waals surface area (Å²) >= 11 is 1.31. The van der Waals surface area contributed by atoms with E-state index in [4.69, 9.17) is 9.47 Å². The van der Waals surface area contributed by atoms with E-state index in [-0.39, 0.29) is 18.4 Å². The number of hydrogen-bond donors (Lipinski definition) is 1. The van der Waals surface area contributed by atoms with Gasteiger partial charge in [0.25, 0.3) is 5.91 Å². The molecule has 8 nitrogen and oxygen atoms in total. The van der Waals surface area contributed by atoms with Crippen molar-refractivity contribution in [3.05, 3.63) is 59.1 Å². The zero-order valence-electron chi connectivity index (χ0n) is 18.1. The molecule has 0 spiro atoms. The van der Waals surface area contributed by atoms with Gasteiger partial charge in [-0.15, -0.1) is 11.3 Å². The van der Waals surface area contributed by atoms with Crippen molar-refractivity contribution in [1.82, 2.24) is 14.8 Å². The molecule has 34 heavy (non-hydrogen) atoms. The van der Waals surface area contributed by atoms with Gasteiger partial charge in [0.1, 0.15) is 11.4 Å². The summed E-state index contributed by atoms with van der Waals surface area (Å²) in [6, 6.07) is 12.1. The number of thiazole rings is 1. The van der Waals surface area contributed by atoms with Crippen LogP contribution in [0.3, 0.4) is 0 Å². The van der Waals surface area contributed by atoms with Crippen LogP contribution < -0.4 is 19.5 Å². The topological polar surface area (TPSA) is 76.2 Å². The molecule has 11 heteroatoms. The predicted molar refractivity (Wildman–Crippen MR) is 122 cm³/mol. The molecule has 2 aliphatic rings. The monoisotopic (exact) mass is 488 g/mol. The molecule has 0 bridgehead atoms. The number of aromatic nitrogens is 1. The van der Waals surface area contributed by atoms with E-state index in [1.807, 2.05) is 23.1 Å². The van der Waals surface area contributed by atoms with Crippen molar-refractivity contribution in [2.75, 3.05) is 38.3 Å². The molecule has 0 radical (unpaired) electrons. The van der Waals surface area contributed by atoms with Gasteiger partial charge < -0.3 is 24.4 Å². The third-order valence-corrected chi connectivity index (χ3v) is 6.31. The second kappa shape index (κ2) is 9.82. The van der Waals surface area contributed by atoms with Crippen LogP contribution in [0.5, 0.6) is 17.2 Å². The van der Waals surface area contributed by atoms with Crippen LogP contribution in [0.4, 0.5) is 19.6 Å². The highest BCUT2D eigenvalue weighted by molar-refractivity contribution is 7.14. The van der Waals surface area contributed by atoms with Crippen LogP contribution in [0.2, 0.25) is 0 Å². The number of anilines is 2. The first-order chi connectivity index (χ1) is 16.5. The van der Waals surface area contributed by atoms with Gasteiger partial charge in [-0.05, 0) is 42.0 Å². The Hall–Kier alpha value is -3.44. The Morgan fingerprint density at radius 2 is 1.85 bits per heavy atom. The van der Waals surface area contributed by atoms with Gasteiger partial charge in [0.2, 0.25) is 6.79 Å². The van der Waals surface area contributed by atoms with Crippen molar-refractivity contribution in [2.45, 2.75) is 13.2 Å². The molecule has 0 atom stereocenters. The average Bonchev–Trinajstić information content (AvgIpc) is 3.49. The molecule has 1 fully saturated rings. The number of nitrogens with one attached hydrogen (secondary N) is 1. The van der Waals surface area contributed by atoms with E-state index in [1.165, 1.54) is 23.5 Å². The van der Waals surface area contributed by atoms with Crippen LogP contribution in [-0.4, -0.2) is 60.3 Å². The lowest BCUT2D eigenvalue weighted by Crippen LogP contribution is -2.48. The molecule has 0 unspecified atom stereocenters. The largest absolute Gasteiger partial charge is 0.454 e. The van der Waals surface area contributed by atoms with E-state index < -0.39 is 6.61 Å². The van der Waals surface area contributed by atoms with Crippen molar-refractivity contribution in [1.29, 1.82) is 0 Å². The Kier molecular flexibility index (Phi) is 6.45. The van der Waals surface area contributed by atoms with Crippen LogP contribution >= 0.6 is 11.3 Å². The molecule has 178 valence electrons. The summed E-state index contributed by atoms with van der Waals surface area (Å²) < 4.78 is 39.7. The lowest BCUT2D eigenvalue weighted by Gasteiger charge is -2.34. The van der Waals surface area contributed by atoms with Crippen LogP contribution in [0, 0.1) is 0 Å². The summed E-state index contributed by atoms with van der Waals surface area (Å²) in [6.45, 7) is 0.952. The predicted octanol–water partition coefficient (Wildman–Crippen LogP) is 4.17. The maximum atomic E-state index is 12.9. The maximum Gasteiger partial charge on any atom is 0.387 e. The fourth-order valence-electron chi connectivity index (χ4n) is 3.84. The molecule has 3 aromatic rings. The van der Waals surface area contributed by atoms with Crippen molar-refractivity contribution in [2.24, 2.45) is 0 Å².